The van der Waals surface area contributed by atoms with Crippen molar-refractivity contribution in [2.45, 2.75) is 65.2 Å². The molecule has 0 spiro atoms. The van der Waals surface area contributed by atoms with Crippen LogP contribution in [0.15, 0.2) is 24.4 Å². The number of carbonyl (C=O) groups is 1. The molecule has 3 rings (SSSR count). The molecular weight excluding hydrogens is 354 g/mol. The number of ether oxygens (including phenoxy) is 1. The zero-order valence-corrected chi connectivity index (χ0v) is 18.0. The van der Waals surface area contributed by atoms with Crippen molar-refractivity contribution >= 4 is 29.0 Å². The molecule has 3 nitrogen and oxygen atoms in total. The van der Waals surface area contributed by atoms with E-state index in [0.29, 0.717) is 12.2 Å². The van der Waals surface area contributed by atoms with Gasteiger partial charge in [-0.05, 0) is 72.9 Å². The summed E-state index contributed by atoms with van der Waals surface area (Å²) in [5.74, 6) is -0.326. The summed E-state index contributed by atoms with van der Waals surface area (Å²) in [4.78, 5) is 19.0. The number of pyridine rings is 1. The summed E-state index contributed by atoms with van der Waals surface area (Å²) in [5.41, 5.74) is 4.52. The van der Waals surface area contributed by atoms with Crippen LogP contribution in [0.3, 0.4) is 0 Å². The topological polar surface area (TPSA) is 39.2 Å². The van der Waals surface area contributed by atoms with Crippen LogP contribution >= 0.6 is 11.3 Å². The van der Waals surface area contributed by atoms with E-state index >= 15 is 0 Å². The van der Waals surface area contributed by atoms with Crippen LogP contribution in [0.25, 0.3) is 11.6 Å². The molecule has 0 atom stereocenters. The smallest absolute Gasteiger partial charge is 0.339 e. The lowest BCUT2D eigenvalue weighted by Gasteiger charge is -2.39. The highest BCUT2D eigenvalue weighted by Gasteiger charge is 2.38. The molecule has 0 amide bonds. The molecule has 27 heavy (non-hydrogen) atoms. The average molecular weight is 384 g/mol. The van der Waals surface area contributed by atoms with E-state index in [9.17, 15) is 4.79 Å². The number of thiophene rings is 1. The van der Waals surface area contributed by atoms with Crippen LogP contribution in [0, 0.1) is 0 Å². The maximum Gasteiger partial charge on any atom is 0.339 e. The summed E-state index contributed by atoms with van der Waals surface area (Å²) in [6, 6.07) is 6.02. The number of rotatable bonds is 4. The lowest BCUT2D eigenvalue weighted by molar-refractivity contribution is 0.0526. The van der Waals surface area contributed by atoms with Gasteiger partial charge in [-0.1, -0.05) is 27.7 Å². The number of carbonyl (C=O) groups excluding carboxylic acids is 1. The maximum absolute atomic E-state index is 11.8. The Morgan fingerprint density at radius 2 is 1.93 bits per heavy atom. The molecule has 2 heterocycles. The summed E-state index contributed by atoms with van der Waals surface area (Å²) in [5, 5.41) is 0. The highest BCUT2D eigenvalue weighted by molar-refractivity contribution is 7.13. The molecule has 0 radical (unpaired) electrons. The highest BCUT2D eigenvalue weighted by Crippen LogP contribution is 2.50. The first-order valence-corrected chi connectivity index (χ1v) is 10.4. The Morgan fingerprint density at radius 1 is 1.22 bits per heavy atom. The summed E-state index contributed by atoms with van der Waals surface area (Å²) < 4.78 is 5.01. The summed E-state index contributed by atoms with van der Waals surface area (Å²) in [6.45, 7) is 13.7. The third-order valence-electron chi connectivity index (χ3n) is 5.50. The Labute approximate surface area is 166 Å². The van der Waals surface area contributed by atoms with Gasteiger partial charge in [0, 0.05) is 16.0 Å². The van der Waals surface area contributed by atoms with Crippen molar-refractivity contribution in [2.75, 3.05) is 6.61 Å². The van der Waals surface area contributed by atoms with E-state index in [-0.39, 0.29) is 16.8 Å². The van der Waals surface area contributed by atoms with E-state index < -0.39 is 0 Å². The van der Waals surface area contributed by atoms with Crippen LogP contribution in [0.2, 0.25) is 0 Å². The van der Waals surface area contributed by atoms with Crippen molar-refractivity contribution < 1.29 is 9.53 Å². The molecule has 0 saturated carbocycles. The second-order valence-corrected chi connectivity index (χ2v) is 9.69. The van der Waals surface area contributed by atoms with Gasteiger partial charge in [0.25, 0.3) is 0 Å². The standard InChI is InChI=1S/C23H29NO2S/c1-7-26-21(25)16-8-9-17(24-14-16)12-15(2)19-13-18-20(27-19)23(5,6)11-10-22(18,3)4/h8-9,12-14H,7,10-11H2,1-6H3/b15-12+. The molecule has 0 saturated heterocycles. The first-order valence-electron chi connectivity index (χ1n) is 9.61. The fourth-order valence-electron chi connectivity index (χ4n) is 3.58. The van der Waals surface area contributed by atoms with Gasteiger partial charge in [-0.15, -0.1) is 11.3 Å². The number of hydrogen-bond donors (Lipinski definition) is 0. The molecule has 2 aromatic heterocycles. The van der Waals surface area contributed by atoms with E-state index in [1.807, 2.05) is 17.4 Å². The Bertz CT molecular complexity index is 839. The minimum atomic E-state index is -0.326. The molecule has 1 aliphatic rings. The second kappa shape index (κ2) is 7.23. The van der Waals surface area contributed by atoms with Crippen LogP contribution in [-0.2, 0) is 15.6 Å². The third-order valence-corrected chi connectivity index (χ3v) is 7.14. The van der Waals surface area contributed by atoms with Gasteiger partial charge in [0.2, 0.25) is 0 Å². The lowest BCUT2D eigenvalue weighted by Crippen LogP contribution is -2.31. The zero-order valence-electron chi connectivity index (χ0n) is 17.2. The monoisotopic (exact) mass is 383 g/mol. The van der Waals surface area contributed by atoms with Crippen LogP contribution in [0.5, 0.6) is 0 Å². The second-order valence-electron chi connectivity index (χ2n) is 8.64. The minimum Gasteiger partial charge on any atom is -0.462 e. The van der Waals surface area contributed by atoms with Crippen molar-refractivity contribution in [3.63, 3.8) is 0 Å². The van der Waals surface area contributed by atoms with Gasteiger partial charge in [0.05, 0.1) is 17.9 Å². The van der Waals surface area contributed by atoms with E-state index in [4.69, 9.17) is 4.74 Å². The predicted octanol–water partition coefficient (Wildman–Crippen LogP) is 6.23. The van der Waals surface area contributed by atoms with E-state index in [2.05, 4.69) is 51.7 Å². The van der Waals surface area contributed by atoms with Crippen molar-refractivity contribution in [2.24, 2.45) is 0 Å². The van der Waals surface area contributed by atoms with Crippen molar-refractivity contribution in [1.82, 2.24) is 4.98 Å². The summed E-state index contributed by atoms with van der Waals surface area (Å²) >= 11 is 1.92. The van der Waals surface area contributed by atoms with Crippen molar-refractivity contribution in [3.05, 3.63) is 51.0 Å². The number of aromatic nitrogens is 1. The molecule has 0 N–H and O–H groups in total. The minimum absolute atomic E-state index is 0.236. The zero-order chi connectivity index (χ0) is 19.8. The highest BCUT2D eigenvalue weighted by atomic mass is 32.1. The number of esters is 1. The van der Waals surface area contributed by atoms with Gasteiger partial charge in [0.15, 0.2) is 0 Å². The molecular formula is C23H29NO2S. The van der Waals surface area contributed by atoms with Gasteiger partial charge >= 0.3 is 5.97 Å². The van der Waals surface area contributed by atoms with Crippen LogP contribution in [0.4, 0.5) is 0 Å². The normalized spacial score (nSPS) is 18.1. The average Bonchev–Trinajstić information content (AvgIpc) is 3.08. The first kappa shape index (κ1) is 19.8. The molecule has 0 unspecified atom stereocenters. The number of nitrogens with zero attached hydrogens (tertiary/aromatic N) is 1. The van der Waals surface area contributed by atoms with E-state index in [0.717, 1.165) is 5.69 Å². The SMILES string of the molecule is CCOC(=O)c1ccc(/C=C(\C)c2cc3c(s2)C(C)(C)CCC3(C)C)nc1. The van der Waals surface area contributed by atoms with Crippen molar-refractivity contribution in [1.29, 1.82) is 0 Å². The summed E-state index contributed by atoms with van der Waals surface area (Å²) in [7, 11) is 0. The molecule has 0 aliphatic heterocycles. The number of hydrogen-bond acceptors (Lipinski definition) is 4. The quantitative estimate of drug-likeness (QED) is 0.588. The number of allylic oxidation sites excluding steroid dienone is 1. The Balaban J connectivity index is 1.89. The fourth-order valence-corrected chi connectivity index (χ4v) is 5.02. The van der Waals surface area contributed by atoms with Gasteiger partial charge in [-0.3, -0.25) is 4.98 Å². The predicted molar refractivity (Wildman–Crippen MR) is 113 cm³/mol. The Kier molecular flexibility index (Phi) is 5.31. The molecule has 2 aromatic rings. The van der Waals surface area contributed by atoms with E-state index in [1.54, 1.807) is 19.2 Å². The third kappa shape index (κ3) is 4.01. The molecule has 1 aliphatic carbocycles. The molecule has 4 heteroatoms. The molecule has 0 bridgehead atoms. The van der Waals surface area contributed by atoms with Crippen LogP contribution < -0.4 is 0 Å². The summed E-state index contributed by atoms with van der Waals surface area (Å²) in [6.07, 6.45) is 6.13. The Morgan fingerprint density at radius 3 is 2.52 bits per heavy atom. The molecule has 0 aromatic carbocycles. The fraction of sp³-hybridized carbons (Fsp3) is 0.478. The largest absolute Gasteiger partial charge is 0.462 e. The van der Waals surface area contributed by atoms with Gasteiger partial charge in [-0.25, -0.2) is 4.79 Å². The number of fused-ring (bicyclic) bond motifs is 1. The van der Waals surface area contributed by atoms with Crippen LogP contribution in [0.1, 0.15) is 85.8 Å². The van der Waals surface area contributed by atoms with Gasteiger partial charge in [0.1, 0.15) is 0 Å². The Hall–Kier alpha value is -1.94. The molecule has 0 fully saturated rings. The first-order chi connectivity index (χ1) is 12.6. The van der Waals surface area contributed by atoms with Crippen molar-refractivity contribution in [3.8, 4) is 0 Å². The van der Waals surface area contributed by atoms with E-state index in [1.165, 1.54) is 33.7 Å². The van der Waals surface area contributed by atoms with Crippen LogP contribution in [-0.4, -0.2) is 17.6 Å². The molecule has 144 valence electrons. The van der Waals surface area contributed by atoms with Gasteiger partial charge < -0.3 is 4.74 Å². The lowest BCUT2D eigenvalue weighted by atomic mass is 9.67. The van der Waals surface area contributed by atoms with Gasteiger partial charge in [-0.2, -0.15) is 0 Å². The maximum atomic E-state index is 11.8.